The average molecular weight is 273 g/mol. The molecule has 0 aliphatic heterocycles. The summed E-state index contributed by atoms with van der Waals surface area (Å²) in [7, 11) is 0. The summed E-state index contributed by atoms with van der Waals surface area (Å²) in [6.45, 7) is 2.06. The third-order valence-electron chi connectivity index (χ3n) is 2.22. The van der Waals surface area contributed by atoms with Crippen LogP contribution in [0.15, 0.2) is 65.7 Å². The maximum atomic E-state index is 8.79. The van der Waals surface area contributed by atoms with Crippen LogP contribution in [-0.2, 0) is 17.1 Å². The molecule has 0 aromatic heterocycles. The van der Waals surface area contributed by atoms with Crippen molar-refractivity contribution in [3.05, 3.63) is 65.7 Å². The van der Waals surface area contributed by atoms with Crippen LogP contribution in [0.1, 0.15) is 19.8 Å². The monoisotopic (exact) mass is 273 g/mol. The van der Waals surface area contributed by atoms with Crippen molar-refractivity contribution in [1.29, 1.82) is 0 Å². The number of aliphatic hydroxyl groups excluding tert-OH is 1. The molecule has 0 atom stereocenters. The molecule has 0 bridgehead atoms. The van der Waals surface area contributed by atoms with E-state index >= 15 is 0 Å². The van der Waals surface area contributed by atoms with E-state index in [4.69, 9.17) is 10.2 Å². The third kappa shape index (κ3) is 5.53. The zero-order chi connectivity index (χ0) is 11.8. The molecule has 0 spiro atoms. The number of rotatable bonds is 2. The second-order valence-corrected chi connectivity index (χ2v) is 3.50. The predicted octanol–water partition coefficient (Wildman–Crippen LogP) is 4.01. The molecule has 0 amide bonds. The Morgan fingerprint density at radius 1 is 1.24 bits per heavy atom. The maximum absolute atomic E-state index is 8.79. The number of hydrogen-bond donors (Lipinski definition) is 2. The first-order chi connectivity index (χ1) is 7.75. The Hall–Kier alpha value is -1.31. The second kappa shape index (κ2) is 8.80. The van der Waals surface area contributed by atoms with Crippen molar-refractivity contribution in [2.24, 2.45) is 0 Å². The number of allylic oxidation sites excluding steroid dienone is 5. The van der Waals surface area contributed by atoms with E-state index < -0.39 is 5.95 Å². The van der Waals surface area contributed by atoms with Crippen molar-refractivity contribution in [1.82, 2.24) is 0 Å². The molecule has 1 aromatic carbocycles. The second-order valence-electron chi connectivity index (χ2n) is 3.50. The molecule has 17 heavy (non-hydrogen) atoms. The van der Waals surface area contributed by atoms with Crippen LogP contribution in [0.4, 0.5) is 0 Å². The van der Waals surface area contributed by atoms with Gasteiger partial charge in [-0.05, 0) is 18.1 Å². The van der Waals surface area contributed by atoms with Gasteiger partial charge in [0.1, 0.15) is 0 Å². The Morgan fingerprint density at radius 2 is 1.88 bits per heavy atom. The molecule has 0 heterocycles. The van der Waals surface area contributed by atoms with Gasteiger partial charge in [-0.15, -0.1) is 0 Å². The molecule has 0 fully saturated rings. The summed E-state index contributed by atoms with van der Waals surface area (Å²) in [4.78, 5) is 0. The largest absolute Gasteiger partial charge is 0.481 e. The summed E-state index contributed by atoms with van der Waals surface area (Å²) in [6.07, 6.45) is 7.36. The van der Waals surface area contributed by atoms with Crippen molar-refractivity contribution >= 4 is 0 Å². The van der Waals surface area contributed by atoms with Gasteiger partial charge in [0.05, 0.1) is 5.57 Å². The third-order valence-corrected chi connectivity index (χ3v) is 2.22. The van der Waals surface area contributed by atoms with E-state index in [-0.39, 0.29) is 17.1 Å². The average Bonchev–Trinajstić information content (AvgIpc) is 2.91. The normalized spacial score (nSPS) is 12.3. The molecule has 0 saturated heterocycles. The first kappa shape index (κ1) is 15.7. The summed E-state index contributed by atoms with van der Waals surface area (Å²) in [6, 6.07) is 10.0. The molecule has 0 radical (unpaired) electrons. The van der Waals surface area contributed by atoms with Crippen molar-refractivity contribution < 1.29 is 27.3 Å². The number of aliphatic hydroxyl groups is 2. The van der Waals surface area contributed by atoms with E-state index in [1.165, 1.54) is 0 Å². The zero-order valence-electron chi connectivity index (χ0n) is 9.78. The van der Waals surface area contributed by atoms with Gasteiger partial charge in [-0.2, -0.15) is 18.2 Å². The molecule has 1 aliphatic carbocycles. The van der Waals surface area contributed by atoms with Gasteiger partial charge in [0.25, 0.3) is 5.95 Å². The van der Waals surface area contributed by atoms with Gasteiger partial charge < -0.3 is 10.2 Å². The van der Waals surface area contributed by atoms with Crippen molar-refractivity contribution in [3.63, 3.8) is 0 Å². The molecule has 0 unspecified atom stereocenters. The van der Waals surface area contributed by atoms with Gasteiger partial charge >= 0.3 is 0 Å². The van der Waals surface area contributed by atoms with Gasteiger partial charge in [-0.25, -0.2) is 12.1 Å². The zero-order valence-corrected chi connectivity index (χ0v) is 10.9. The minimum absolute atomic E-state index is 0. The predicted molar refractivity (Wildman–Crippen MR) is 66.4 cm³/mol. The van der Waals surface area contributed by atoms with E-state index in [9.17, 15) is 0 Å². The standard InChI is InChI=1S/C9H12O2.C5H5.Fe/c1-2-4-7-5-3-6-8(7)9(10)11;1-2-4-5-3-1;/h3,5-6,10-11H,2,4H2,1H3;1-5H;/q;-1;. The molecule has 0 saturated carbocycles. The van der Waals surface area contributed by atoms with Crippen LogP contribution >= 0.6 is 0 Å². The van der Waals surface area contributed by atoms with E-state index in [2.05, 4.69) is 6.92 Å². The smallest absolute Gasteiger partial charge is 0.281 e. The first-order valence-electron chi connectivity index (χ1n) is 5.42. The summed E-state index contributed by atoms with van der Waals surface area (Å²) >= 11 is 0. The van der Waals surface area contributed by atoms with Crippen LogP contribution in [0.25, 0.3) is 0 Å². The van der Waals surface area contributed by atoms with Crippen LogP contribution in [0.5, 0.6) is 0 Å². The summed E-state index contributed by atoms with van der Waals surface area (Å²) in [5, 5.41) is 17.6. The summed E-state index contributed by atoms with van der Waals surface area (Å²) in [5.74, 6) is -0.571. The van der Waals surface area contributed by atoms with Crippen LogP contribution < -0.4 is 0 Å². The Labute approximate surface area is 113 Å². The molecule has 3 heteroatoms. The van der Waals surface area contributed by atoms with Gasteiger partial charge in [0.2, 0.25) is 0 Å². The van der Waals surface area contributed by atoms with Crippen LogP contribution in [-0.4, -0.2) is 10.2 Å². The Kier molecular flexibility index (Phi) is 8.12. The van der Waals surface area contributed by atoms with E-state index in [0.717, 1.165) is 18.4 Å². The van der Waals surface area contributed by atoms with Gasteiger partial charge in [0.15, 0.2) is 0 Å². The summed E-state index contributed by atoms with van der Waals surface area (Å²) < 4.78 is 0. The fraction of sp³-hybridized carbons (Fsp3) is 0.214. The molecular weight excluding hydrogens is 256 g/mol. The van der Waals surface area contributed by atoms with E-state index in [1.807, 2.05) is 42.5 Å². The Bertz CT molecular complexity index is 365. The quantitative estimate of drug-likeness (QED) is 0.485. The molecular formula is C14H17FeO2-. The minimum Gasteiger partial charge on any atom is -0.481 e. The van der Waals surface area contributed by atoms with Crippen LogP contribution in [0.3, 0.4) is 0 Å². The van der Waals surface area contributed by atoms with Crippen molar-refractivity contribution in [3.8, 4) is 0 Å². The molecule has 1 aromatic rings. The number of hydrogen-bond acceptors (Lipinski definition) is 2. The molecule has 94 valence electrons. The molecule has 2 rings (SSSR count). The molecule has 2 nitrogen and oxygen atoms in total. The summed E-state index contributed by atoms with van der Waals surface area (Å²) in [5.41, 5.74) is 1.57. The first-order valence-corrected chi connectivity index (χ1v) is 5.42. The Morgan fingerprint density at radius 3 is 2.29 bits per heavy atom. The fourth-order valence-electron chi connectivity index (χ4n) is 1.48. The van der Waals surface area contributed by atoms with Crippen LogP contribution in [0.2, 0.25) is 0 Å². The van der Waals surface area contributed by atoms with Crippen LogP contribution in [0, 0.1) is 0 Å². The van der Waals surface area contributed by atoms with Crippen molar-refractivity contribution in [2.75, 3.05) is 0 Å². The maximum Gasteiger partial charge on any atom is 0.281 e. The fourth-order valence-corrected chi connectivity index (χ4v) is 1.48. The van der Waals surface area contributed by atoms with Gasteiger partial charge in [-0.3, -0.25) is 0 Å². The van der Waals surface area contributed by atoms with Gasteiger partial charge in [-0.1, -0.05) is 25.5 Å². The van der Waals surface area contributed by atoms with E-state index in [0.29, 0.717) is 5.57 Å². The van der Waals surface area contributed by atoms with Gasteiger partial charge in [0, 0.05) is 17.1 Å². The minimum atomic E-state index is -0.571. The van der Waals surface area contributed by atoms with E-state index in [1.54, 1.807) is 6.08 Å². The molecule has 2 N–H and O–H groups in total. The SMILES string of the molecule is CCCC1=CC=CC1=C(O)O.[Fe].c1cc[cH-]c1. The molecule has 1 aliphatic rings. The van der Waals surface area contributed by atoms with Crippen molar-refractivity contribution in [2.45, 2.75) is 19.8 Å². The Balaban J connectivity index is 0.000000360. The topological polar surface area (TPSA) is 40.5 Å².